The fourth-order valence-corrected chi connectivity index (χ4v) is 10.5. The van der Waals surface area contributed by atoms with Crippen molar-refractivity contribution in [2.24, 2.45) is 35.5 Å². The Labute approximate surface area is 297 Å². The number of rotatable bonds is 4. The van der Waals surface area contributed by atoms with Crippen molar-refractivity contribution in [2.45, 2.75) is 153 Å². The predicted octanol–water partition coefficient (Wildman–Crippen LogP) is 6.65. The van der Waals surface area contributed by atoms with Crippen LogP contribution < -0.4 is 0 Å². The molecule has 10 heteroatoms. The zero-order chi connectivity index (χ0) is 35.5. The molecule has 8 rings (SSSR count). The maximum absolute atomic E-state index is 12.9. The lowest BCUT2D eigenvalue weighted by atomic mass is 9.75. The van der Waals surface area contributed by atoms with Crippen molar-refractivity contribution in [3.05, 3.63) is 24.3 Å². The molecule has 2 aliphatic carbocycles. The molecule has 0 unspecified atom stereocenters. The van der Waals surface area contributed by atoms with E-state index in [0.29, 0.717) is 74.3 Å². The first-order chi connectivity index (χ1) is 23.8. The van der Waals surface area contributed by atoms with E-state index in [1.165, 1.54) is 12.8 Å². The third-order valence-corrected chi connectivity index (χ3v) is 13.3. The van der Waals surface area contributed by atoms with Gasteiger partial charge >= 0.3 is 12.2 Å². The monoisotopic (exact) mass is 694 g/mol. The minimum absolute atomic E-state index is 0.0423. The summed E-state index contributed by atoms with van der Waals surface area (Å²) >= 11 is 0. The van der Waals surface area contributed by atoms with Crippen LogP contribution in [0.25, 0.3) is 0 Å². The first-order valence-electron chi connectivity index (χ1n) is 19.5. The molecule has 10 nitrogen and oxygen atoms in total. The first-order valence-corrected chi connectivity index (χ1v) is 19.5. The van der Waals surface area contributed by atoms with Gasteiger partial charge < -0.3 is 18.9 Å². The van der Waals surface area contributed by atoms with Crippen LogP contribution in [-0.2, 0) is 28.5 Å². The number of hydrogen-bond acceptors (Lipinski definition) is 8. The molecule has 6 fully saturated rings. The number of carbonyl (C=O) groups is 4. The standard InChI is InChI=1S/2C20H29NO4/c2*1-12(2)15-5-4-13(3)10-17(15)24-19(23)21-9-8-20-7-6-14(25-20)11-16(22)18(20)21/h2*6-7,12-15,17-18H,4-5,8-11H2,1-3H3/t13-,14+,15+,17-,18+,20+;13-,14-,15+,17-,18-,20-/m11/s1. The molecule has 0 radical (unpaired) electrons. The Morgan fingerprint density at radius 3 is 1.48 bits per heavy atom. The summed E-state index contributed by atoms with van der Waals surface area (Å²) in [5.74, 6) is 3.17. The zero-order valence-electron chi connectivity index (χ0n) is 30.9. The molecule has 8 aliphatic rings. The molecule has 0 aromatic rings. The van der Waals surface area contributed by atoms with E-state index < -0.39 is 23.3 Å². The topological polar surface area (TPSA) is 112 Å². The summed E-state index contributed by atoms with van der Waals surface area (Å²) in [6.45, 7) is 14.3. The van der Waals surface area contributed by atoms with Gasteiger partial charge in [0.25, 0.3) is 0 Å². The van der Waals surface area contributed by atoms with Gasteiger partial charge in [0.2, 0.25) is 0 Å². The molecular weight excluding hydrogens is 636 g/mol. The molecule has 0 N–H and O–H groups in total. The SMILES string of the molecule is CC(C)[C@@H]1CC[C@@H](C)C[C@H]1OC(=O)N1CC[C@@]23C=C[C@@H](CC(=O)[C@H]12)O3.CC(C)[C@@H]1CC[C@@H](C)C[C@H]1OC(=O)N1CC[C@]23C=C[C@H](CC(=O)[C@@H]12)O3. The van der Waals surface area contributed by atoms with Crippen molar-refractivity contribution in [1.82, 2.24) is 9.80 Å². The van der Waals surface area contributed by atoms with Crippen LogP contribution in [0.5, 0.6) is 0 Å². The van der Waals surface area contributed by atoms with Crippen molar-refractivity contribution in [1.29, 1.82) is 0 Å². The minimum atomic E-state index is -0.601. The normalized spacial score (nSPS) is 42.8. The second-order valence-corrected chi connectivity index (χ2v) is 17.5. The molecule has 0 aromatic heterocycles. The summed E-state index contributed by atoms with van der Waals surface area (Å²) in [6.07, 6.45) is 15.5. The van der Waals surface area contributed by atoms with Gasteiger partial charge in [0.05, 0.1) is 12.2 Å². The van der Waals surface area contributed by atoms with Crippen LogP contribution in [0.3, 0.4) is 0 Å². The highest BCUT2D eigenvalue weighted by molar-refractivity contribution is 5.92. The fourth-order valence-electron chi connectivity index (χ4n) is 10.5. The smallest absolute Gasteiger partial charge is 0.410 e. The summed E-state index contributed by atoms with van der Waals surface area (Å²) in [5.41, 5.74) is -1.20. The highest BCUT2D eigenvalue weighted by Crippen LogP contribution is 2.46. The van der Waals surface area contributed by atoms with Crippen molar-refractivity contribution < 1.29 is 38.1 Å². The Morgan fingerprint density at radius 2 is 1.10 bits per heavy atom. The van der Waals surface area contributed by atoms with Crippen LogP contribution in [-0.4, -0.2) is 94.3 Å². The molecule has 12 atom stereocenters. The van der Waals surface area contributed by atoms with E-state index in [1.807, 2.05) is 24.3 Å². The largest absolute Gasteiger partial charge is 0.446 e. The fraction of sp³-hybridized carbons (Fsp3) is 0.800. The quantitative estimate of drug-likeness (QED) is 0.301. The van der Waals surface area contributed by atoms with Gasteiger partial charge in [-0.2, -0.15) is 0 Å². The van der Waals surface area contributed by atoms with E-state index in [1.54, 1.807) is 9.80 Å². The number of nitrogens with zero attached hydrogens (tertiary/aromatic N) is 2. The zero-order valence-corrected chi connectivity index (χ0v) is 30.9. The maximum Gasteiger partial charge on any atom is 0.410 e. The number of ether oxygens (including phenoxy) is 4. The summed E-state index contributed by atoms with van der Waals surface area (Å²) in [6, 6.07) is -1.01. The third-order valence-electron chi connectivity index (χ3n) is 13.3. The first kappa shape index (κ1) is 35.7. The van der Waals surface area contributed by atoms with E-state index in [2.05, 4.69) is 41.5 Å². The highest BCUT2D eigenvalue weighted by Gasteiger charge is 2.60. The number of amides is 2. The summed E-state index contributed by atoms with van der Waals surface area (Å²) in [7, 11) is 0. The van der Waals surface area contributed by atoms with Gasteiger partial charge in [0, 0.05) is 38.8 Å². The Kier molecular flexibility index (Phi) is 9.76. The number of likely N-dealkylation sites (tertiary alicyclic amines) is 2. The van der Waals surface area contributed by atoms with Gasteiger partial charge in [-0.1, -0.05) is 78.7 Å². The van der Waals surface area contributed by atoms with Crippen LogP contribution in [0.4, 0.5) is 9.59 Å². The van der Waals surface area contributed by atoms with Gasteiger partial charge in [-0.05, 0) is 61.2 Å². The van der Waals surface area contributed by atoms with Crippen LogP contribution in [0.15, 0.2) is 24.3 Å². The van der Waals surface area contributed by atoms with E-state index in [0.717, 1.165) is 25.7 Å². The Hall–Kier alpha value is -2.72. The molecule has 6 heterocycles. The molecule has 2 spiro atoms. The van der Waals surface area contributed by atoms with Crippen LogP contribution in [0.1, 0.15) is 106 Å². The van der Waals surface area contributed by atoms with Crippen molar-refractivity contribution in [2.75, 3.05) is 13.1 Å². The molecule has 2 saturated carbocycles. The molecule has 6 aliphatic heterocycles. The van der Waals surface area contributed by atoms with Crippen LogP contribution >= 0.6 is 0 Å². The van der Waals surface area contributed by atoms with Crippen molar-refractivity contribution >= 4 is 23.8 Å². The predicted molar refractivity (Wildman–Crippen MR) is 186 cm³/mol. The van der Waals surface area contributed by atoms with Crippen LogP contribution in [0, 0.1) is 35.5 Å². The lowest BCUT2D eigenvalue weighted by Gasteiger charge is -2.40. The average Bonchev–Trinajstić information content (AvgIpc) is 3.81. The minimum Gasteiger partial charge on any atom is -0.446 e. The van der Waals surface area contributed by atoms with Crippen LogP contribution in [0.2, 0.25) is 0 Å². The Morgan fingerprint density at radius 1 is 0.700 bits per heavy atom. The van der Waals surface area contributed by atoms with E-state index in [4.69, 9.17) is 18.9 Å². The van der Waals surface area contributed by atoms with Gasteiger partial charge in [-0.15, -0.1) is 0 Å². The molecule has 0 aromatic carbocycles. The van der Waals surface area contributed by atoms with Crippen molar-refractivity contribution in [3.8, 4) is 0 Å². The van der Waals surface area contributed by atoms with Gasteiger partial charge in [-0.3, -0.25) is 19.4 Å². The maximum atomic E-state index is 12.9. The number of Topliss-reactive ketones (excluding diaryl/α,β-unsaturated/α-hetero) is 2. The lowest BCUT2D eigenvalue weighted by molar-refractivity contribution is -0.145. The molecule has 276 valence electrons. The number of hydrogen-bond donors (Lipinski definition) is 0. The van der Waals surface area contributed by atoms with E-state index >= 15 is 0 Å². The van der Waals surface area contributed by atoms with E-state index in [9.17, 15) is 19.2 Å². The van der Waals surface area contributed by atoms with Gasteiger partial charge in [0.1, 0.15) is 35.5 Å². The summed E-state index contributed by atoms with van der Waals surface area (Å²) < 4.78 is 24.0. The molecule has 4 saturated heterocycles. The summed E-state index contributed by atoms with van der Waals surface area (Å²) in [5, 5.41) is 0. The second-order valence-electron chi connectivity index (χ2n) is 17.5. The number of ketones is 2. The molecular formula is C40H58N2O8. The Bertz CT molecular complexity index is 1310. The highest BCUT2D eigenvalue weighted by atomic mass is 16.6. The summed E-state index contributed by atoms with van der Waals surface area (Å²) in [4.78, 5) is 54.3. The second kappa shape index (κ2) is 13.7. The van der Waals surface area contributed by atoms with Crippen molar-refractivity contribution in [3.63, 3.8) is 0 Å². The average molecular weight is 695 g/mol. The van der Waals surface area contributed by atoms with Gasteiger partial charge in [-0.25, -0.2) is 9.59 Å². The van der Waals surface area contributed by atoms with Gasteiger partial charge in [0.15, 0.2) is 11.6 Å². The Balaban J connectivity index is 0.000000157. The van der Waals surface area contributed by atoms with E-state index in [-0.39, 0.29) is 48.2 Å². The number of fused-ring (bicyclic) bond motifs is 2. The lowest BCUT2D eigenvalue weighted by Crippen LogP contribution is -2.55. The molecule has 4 bridgehead atoms. The third kappa shape index (κ3) is 6.45. The molecule has 50 heavy (non-hydrogen) atoms. The number of carbonyl (C=O) groups excluding carboxylic acids is 4. The molecule has 2 amide bonds.